The summed E-state index contributed by atoms with van der Waals surface area (Å²) in [6.45, 7) is 6.03. The smallest absolute Gasteiger partial charge is 0.00415 e. The Morgan fingerprint density at radius 1 is 1.00 bits per heavy atom. The highest BCUT2D eigenvalue weighted by Gasteiger charge is 2.32. The maximum atomic E-state index is 3.60. The third-order valence-corrected chi connectivity index (χ3v) is 3.79. The Bertz CT molecular complexity index is 137. The molecular weight excluding hydrogens is 146 g/mol. The van der Waals surface area contributed by atoms with Gasteiger partial charge in [-0.1, -0.05) is 13.3 Å². The molecule has 1 saturated heterocycles. The molecule has 0 aromatic heterocycles. The van der Waals surface area contributed by atoms with Crippen molar-refractivity contribution >= 4 is 0 Å². The third kappa shape index (κ3) is 1.66. The summed E-state index contributed by atoms with van der Waals surface area (Å²) in [5, 5.41) is 3.60. The summed E-state index contributed by atoms with van der Waals surface area (Å²) in [6.07, 6.45) is 5.88. The molecular formula is C11H21N. The molecule has 1 saturated carbocycles. The van der Waals surface area contributed by atoms with Crippen LogP contribution in [0, 0.1) is 17.8 Å². The van der Waals surface area contributed by atoms with Crippen molar-refractivity contribution in [3.05, 3.63) is 0 Å². The van der Waals surface area contributed by atoms with Crippen LogP contribution in [0.15, 0.2) is 0 Å². The normalized spacial score (nSPS) is 48.5. The molecule has 0 bridgehead atoms. The summed E-state index contributed by atoms with van der Waals surface area (Å²) in [5.74, 6) is 3.05. The van der Waals surface area contributed by atoms with Gasteiger partial charge in [-0.3, -0.25) is 0 Å². The number of fused-ring (bicyclic) bond motifs is 1. The van der Waals surface area contributed by atoms with Gasteiger partial charge in [0.1, 0.15) is 0 Å². The van der Waals surface area contributed by atoms with Crippen LogP contribution in [0.2, 0.25) is 0 Å². The van der Waals surface area contributed by atoms with E-state index in [-0.39, 0.29) is 0 Å². The molecule has 0 spiro atoms. The molecule has 1 aliphatic carbocycles. The fourth-order valence-corrected chi connectivity index (χ4v) is 3.01. The fourth-order valence-electron chi connectivity index (χ4n) is 3.01. The van der Waals surface area contributed by atoms with E-state index >= 15 is 0 Å². The van der Waals surface area contributed by atoms with Gasteiger partial charge >= 0.3 is 0 Å². The molecule has 2 rings (SSSR count). The van der Waals surface area contributed by atoms with Gasteiger partial charge in [0.25, 0.3) is 0 Å². The molecule has 12 heavy (non-hydrogen) atoms. The van der Waals surface area contributed by atoms with Crippen LogP contribution in [0.1, 0.15) is 39.5 Å². The zero-order chi connectivity index (χ0) is 8.55. The van der Waals surface area contributed by atoms with Crippen molar-refractivity contribution < 1.29 is 0 Å². The van der Waals surface area contributed by atoms with Crippen LogP contribution < -0.4 is 5.32 Å². The quantitative estimate of drug-likeness (QED) is 0.584. The van der Waals surface area contributed by atoms with Crippen molar-refractivity contribution in [1.82, 2.24) is 5.32 Å². The monoisotopic (exact) mass is 167 g/mol. The zero-order valence-electron chi connectivity index (χ0n) is 8.34. The molecule has 1 heteroatoms. The molecule has 0 aromatic carbocycles. The molecule has 4 unspecified atom stereocenters. The first-order valence-electron chi connectivity index (χ1n) is 5.49. The topological polar surface area (TPSA) is 12.0 Å². The van der Waals surface area contributed by atoms with Gasteiger partial charge in [-0.15, -0.1) is 0 Å². The second-order valence-corrected chi connectivity index (χ2v) is 4.98. The Balaban J connectivity index is 1.94. The molecule has 1 heterocycles. The van der Waals surface area contributed by atoms with E-state index in [9.17, 15) is 0 Å². The molecule has 1 nitrogen and oxygen atoms in total. The Morgan fingerprint density at radius 2 is 1.83 bits per heavy atom. The number of nitrogens with one attached hydrogen (secondary N) is 1. The fraction of sp³-hybridized carbons (Fsp3) is 1.00. The van der Waals surface area contributed by atoms with Crippen LogP contribution in [-0.2, 0) is 0 Å². The van der Waals surface area contributed by atoms with Gasteiger partial charge in [0.05, 0.1) is 0 Å². The highest BCUT2D eigenvalue weighted by atomic mass is 14.9. The largest absolute Gasteiger partial charge is 0.314 e. The Labute approximate surface area is 75.9 Å². The highest BCUT2D eigenvalue weighted by Crippen LogP contribution is 2.37. The maximum Gasteiger partial charge on any atom is 0.00415 e. The first-order valence-corrected chi connectivity index (χ1v) is 5.49. The SMILES string of the molecule is CC1CCC2CC(C)NCC2C1. The van der Waals surface area contributed by atoms with Crippen molar-refractivity contribution in [2.75, 3.05) is 6.54 Å². The van der Waals surface area contributed by atoms with Crippen molar-refractivity contribution in [3.8, 4) is 0 Å². The number of hydrogen-bond donors (Lipinski definition) is 1. The Kier molecular flexibility index (Phi) is 2.40. The maximum absolute atomic E-state index is 3.60. The number of rotatable bonds is 0. The molecule has 2 fully saturated rings. The van der Waals surface area contributed by atoms with E-state index in [1.165, 1.54) is 32.2 Å². The molecule has 4 atom stereocenters. The molecule has 2 aliphatic rings. The highest BCUT2D eigenvalue weighted by molar-refractivity contribution is 4.86. The molecule has 1 N–H and O–H groups in total. The molecule has 0 radical (unpaired) electrons. The van der Waals surface area contributed by atoms with E-state index < -0.39 is 0 Å². The lowest BCUT2D eigenvalue weighted by atomic mass is 9.70. The molecule has 1 aliphatic heterocycles. The van der Waals surface area contributed by atoms with Gasteiger partial charge in [-0.2, -0.15) is 0 Å². The van der Waals surface area contributed by atoms with Crippen LogP contribution in [0.25, 0.3) is 0 Å². The van der Waals surface area contributed by atoms with Crippen molar-refractivity contribution in [1.29, 1.82) is 0 Å². The standard InChI is InChI=1S/C11H21N/c1-8-3-4-10-6-9(2)12-7-11(10)5-8/h8-12H,3-7H2,1-2H3. The zero-order valence-corrected chi connectivity index (χ0v) is 8.34. The second-order valence-electron chi connectivity index (χ2n) is 4.98. The minimum absolute atomic E-state index is 0.777. The van der Waals surface area contributed by atoms with Crippen LogP contribution in [0.5, 0.6) is 0 Å². The van der Waals surface area contributed by atoms with E-state index in [1.54, 1.807) is 0 Å². The van der Waals surface area contributed by atoms with Gasteiger partial charge in [0.2, 0.25) is 0 Å². The number of hydrogen-bond acceptors (Lipinski definition) is 1. The van der Waals surface area contributed by atoms with E-state index in [2.05, 4.69) is 19.2 Å². The van der Waals surface area contributed by atoms with Crippen LogP contribution in [0.3, 0.4) is 0 Å². The van der Waals surface area contributed by atoms with Crippen molar-refractivity contribution in [2.45, 2.75) is 45.6 Å². The van der Waals surface area contributed by atoms with E-state index in [0.717, 1.165) is 23.8 Å². The van der Waals surface area contributed by atoms with E-state index in [0.29, 0.717) is 0 Å². The van der Waals surface area contributed by atoms with Gasteiger partial charge in [-0.25, -0.2) is 0 Å². The Hall–Kier alpha value is -0.0400. The van der Waals surface area contributed by atoms with Crippen LogP contribution in [-0.4, -0.2) is 12.6 Å². The summed E-state index contributed by atoms with van der Waals surface area (Å²) in [7, 11) is 0. The minimum Gasteiger partial charge on any atom is -0.314 e. The van der Waals surface area contributed by atoms with E-state index in [1.807, 2.05) is 0 Å². The summed E-state index contributed by atoms with van der Waals surface area (Å²) in [5.41, 5.74) is 0. The molecule has 0 amide bonds. The second kappa shape index (κ2) is 3.37. The van der Waals surface area contributed by atoms with Crippen LogP contribution in [0.4, 0.5) is 0 Å². The summed E-state index contributed by atoms with van der Waals surface area (Å²) in [6, 6.07) is 0.777. The minimum atomic E-state index is 0.777. The number of piperidine rings is 1. The summed E-state index contributed by atoms with van der Waals surface area (Å²) in [4.78, 5) is 0. The van der Waals surface area contributed by atoms with Crippen LogP contribution >= 0.6 is 0 Å². The lowest BCUT2D eigenvalue weighted by Crippen LogP contribution is -2.44. The molecule has 0 aromatic rings. The summed E-state index contributed by atoms with van der Waals surface area (Å²) < 4.78 is 0. The Morgan fingerprint density at radius 3 is 2.67 bits per heavy atom. The van der Waals surface area contributed by atoms with Gasteiger partial charge in [0.15, 0.2) is 0 Å². The molecule has 70 valence electrons. The third-order valence-electron chi connectivity index (χ3n) is 3.79. The van der Waals surface area contributed by atoms with Crippen molar-refractivity contribution in [2.24, 2.45) is 17.8 Å². The average molecular weight is 167 g/mol. The van der Waals surface area contributed by atoms with Gasteiger partial charge in [0, 0.05) is 6.04 Å². The van der Waals surface area contributed by atoms with Crippen molar-refractivity contribution in [3.63, 3.8) is 0 Å². The lowest BCUT2D eigenvalue weighted by Gasteiger charge is -2.41. The predicted molar refractivity (Wildman–Crippen MR) is 52.1 cm³/mol. The van der Waals surface area contributed by atoms with E-state index in [4.69, 9.17) is 0 Å². The first-order chi connectivity index (χ1) is 5.75. The predicted octanol–water partition coefficient (Wildman–Crippen LogP) is 2.42. The lowest BCUT2D eigenvalue weighted by molar-refractivity contribution is 0.129. The van der Waals surface area contributed by atoms with Gasteiger partial charge in [-0.05, 0) is 50.5 Å². The average Bonchev–Trinajstić information content (AvgIpc) is 2.05. The summed E-state index contributed by atoms with van der Waals surface area (Å²) >= 11 is 0. The van der Waals surface area contributed by atoms with Gasteiger partial charge < -0.3 is 5.32 Å². The first kappa shape index (κ1) is 8.55.